The van der Waals surface area contributed by atoms with Gasteiger partial charge in [0.05, 0.1) is 13.3 Å². The second-order valence-electron chi connectivity index (χ2n) is 2.94. The number of aromatic nitrogens is 1. The number of methoxy groups -OCH3 is 1. The Balaban J connectivity index is 2.51. The molecule has 2 aromatic rings. The van der Waals surface area contributed by atoms with Crippen molar-refractivity contribution in [3.8, 4) is 16.9 Å². The van der Waals surface area contributed by atoms with Crippen molar-refractivity contribution in [1.82, 2.24) is 4.98 Å². The molecule has 14 heavy (non-hydrogen) atoms. The number of rotatable bonds is 2. The summed E-state index contributed by atoms with van der Waals surface area (Å²) in [5.41, 5.74) is 2.22. The molecule has 0 radical (unpaired) electrons. The number of pyridine rings is 1. The summed E-state index contributed by atoms with van der Waals surface area (Å²) in [6.45, 7) is 0. The van der Waals surface area contributed by atoms with Crippen LogP contribution in [0, 0.1) is 0 Å². The molecule has 2 rings (SSSR count). The van der Waals surface area contributed by atoms with Gasteiger partial charge < -0.3 is 4.74 Å². The zero-order valence-corrected chi connectivity index (χ0v) is 7.97. The average molecular weight is 185 g/mol. The minimum atomic E-state index is 0.804. The molecule has 0 aliphatic heterocycles. The van der Waals surface area contributed by atoms with Gasteiger partial charge in [-0.2, -0.15) is 0 Å². The number of hydrogen-bond donors (Lipinski definition) is 0. The Bertz CT molecular complexity index is 412. The minimum Gasteiger partial charge on any atom is -0.494 e. The molecule has 0 aliphatic carbocycles. The van der Waals surface area contributed by atoms with Gasteiger partial charge in [0.25, 0.3) is 0 Å². The molecule has 1 aromatic heterocycles. The molecule has 0 bridgehead atoms. The van der Waals surface area contributed by atoms with Crippen molar-refractivity contribution in [3.05, 3.63) is 48.8 Å². The number of hydrogen-bond acceptors (Lipinski definition) is 2. The van der Waals surface area contributed by atoms with E-state index in [1.54, 1.807) is 19.5 Å². The fourth-order valence-corrected chi connectivity index (χ4v) is 1.40. The molecule has 0 aliphatic rings. The second-order valence-corrected chi connectivity index (χ2v) is 2.94. The quantitative estimate of drug-likeness (QED) is 0.717. The lowest BCUT2D eigenvalue weighted by Crippen LogP contribution is -1.88. The van der Waals surface area contributed by atoms with E-state index in [2.05, 4.69) is 17.1 Å². The normalized spacial score (nSPS) is 9.79. The van der Waals surface area contributed by atoms with Gasteiger partial charge in [-0.15, -0.1) is 0 Å². The summed E-state index contributed by atoms with van der Waals surface area (Å²) in [5.74, 6) is 0.804. The standard InChI is InChI=1S/C12H11NO/c1-14-12-9-13-8-7-11(12)10-5-3-2-4-6-10/h2-9H,1H3. The summed E-state index contributed by atoms with van der Waals surface area (Å²) < 4.78 is 5.24. The van der Waals surface area contributed by atoms with Crippen molar-refractivity contribution >= 4 is 0 Å². The van der Waals surface area contributed by atoms with Crippen LogP contribution >= 0.6 is 0 Å². The highest BCUT2D eigenvalue weighted by atomic mass is 16.5. The van der Waals surface area contributed by atoms with Gasteiger partial charge in [0.2, 0.25) is 0 Å². The molecular weight excluding hydrogens is 174 g/mol. The Hall–Kier alpha value is -1.83. The Morgan fingerprint density at radius 1 is 1.07 bits per heavy atom. The van der Waals surface area contributed by atoms with Crippen molar-refractivity contribution in [2.45, 2.75) is 0 Å². The number of ether oxygens (including phenoxy) is 1. The topological polar surface area (TPSA) is 22.1 Å². The highest BCUT2D eigenvalue weighted by Gasteiger charge is 2.03. The summed E-state index contributed by atoms with van der Waals surface area (Å²) in [7, 11) is 1.66. The molecule has 0 saturated carbocycles. The summed E-state index contributed by atoms with van der Waals surface area (Å²) in [6.07, 6.45) is 3.49. The van der Waals surface area contributed by atoms with Crippen LogP contribution in [-0.2, 0) is 0 Å². The van der Waals surface area contributed by atoms with Gasteiger partial charge in [-0.1, -0.05) is 30.3 Å². The molecule has 0 atom stereocenters. The molecule has 1 aromatic carbocycles. The summed E-state index contributed by atoms with van der Waals surface area (Å²) in [6, 6.07) is 12.1. The van der Waals surface area contributed by atoms with E-state index in [1.807, 2.05) is 24.3 Å². The van der Waals surface area contributed by atoms with E-state index in [0.29, 0.717) is 0 Å². The SMILES string of the molecule is COc1cnccc1-c1ccccc1. The molecule has 0 N–H and O–H groups in total. The molecular formula is C12H11NO. The van der Waals surface area contributed by atoms with Crippen molar-refractivity contribution < 1.29 is 4.74 Å². The average Bonchev–Trinajstić information content (AvgIpc) is 2.30. The van der Waals surface area contributed by atoms with Crippen molar-refractivity contribution in [2.75, 3.05) is 7.11 Å². The maximum Gasteiger partial charge on any atom is 0.144 e. The number of nitrogens with zero attached hydrogens (tertiary/aromatic N) is 1. The smallest absolute Gasteiger partial charge is 0.144 e. The van der Waals surface area contributed by atoms with Crippen LogP contribution in [0.1, 0.15) is 0 Å². The van der Waals surface area contributed by atoms with E-state index < -0.39 is 0 Å². The maximum absolute atomic E-state index is 5.24. The molecule has 0 saturated heterocycles. The molecule has 1 heterocycles. The van der Waals surface area contributed by atoms with Gasteiger partial charge in [0.1, 0.15) is 5.75 Å². The van der Waals surface area contributed by atoms with Gasteiger partial charge >= 0.3 is 0 Å². The molecule has 70 valence electrons. The fourth-order valence-electron chi connectivity index (χ4n) is 1.40. The summed E-state index contributed by atoms with van der Waals surface area (Å²) >= 11 is 0. The summed E-state index contributed by atoms with van der Waals surface area (Å²) in [4.78, 5) is 4.02. The molecule has 0 amide bonds. The van der Waals surface area contributed by atoms with E-state index in [9.17, 15) is 0 Å². The maximum atomic E-state index is 5.24. The lowest BCUT2D eigenvalue weighted by molar-refractivity contribution is 0.414. The van der Waals surface area contributed by atoms with E-state index in [-0.39, 0.29) is 0 Å². The van der Waals surface area contributed by atoms with Crippen molar-refractivity contribution in [2.24, 2.45) is 0 Å². The molecule has 2 nitrogen and oxygen atoms in total. The molecule has 0 spiro atoms. The Labute approximate surface area is 83.2 Å². The van der Waals surface area contributed by atoms with Crippen LogP contribution in [0.15, 0.2) is 48.8 Å². The first kappa shape index (κ1) is 8.75. The third kappa shape index (κ3) is 1.59. The zero-order chi connectivity index (χ0) is 9.80. The van der Waals surface area contributed by atoms with Crippen molar-refractivity contribution in [3.63, 3.8) is 0 Å². The van der Waals surface area contributed by atoms with Crippen molar-refractivity contribution in [1.29, 1.82) is 0 Å². The highest BCUT2D eigenvalue weighted by Crippen LogP contribution is 2.27. The lowest BCUT2D eigenvalue weighted by atomic mass is 10.1. The van der Waals surface area contributed by atoms with Gasteiger partial charge in [-0.3, -0.25) is 4.98 Å². The third-order valence-electron chi connectivity index (χ3n) is 2.09. The Kier molecular flexibility index (Phi) is 2.45. The van der Waals surface area contributed by atoms with E-state index in [4.69, 9.17) is 4.74 Å². The van der Waals surface area contributed by atoms with Crippen LogP contribution in [0.3, 0.4) is 0 Å². The van der Waals surface area contributed by atoms with Crippen LogP contribution in [0.4, 0.5) is 0 Å². The Morgan fingerprint density at radius 2 is 1.86 bits per heavy atom. The van der Waals surface area contributed by atoms with E-state index in [0.717, 1.165) is 16.9 Å². The lowest BCUT2D eigenvalue weighted by Gasteiger charge is -2.06. The highest BCUT2D eigenvalue weighted by molar-refractivity contribution is 5.69. The predicted molar refractivity (Wildman–Crippen MR) is 56.2 cm³/mol. The third-order valence-corrected chi connectivity index (χ3v) is 2.09. The fraction of sp³-hybridized carbons (Fsp3) is 0.0833. The summed E-state index contributed by atoms with van der Waals surface area (Å²) in [5, 5.41) is 0. The van der Waals surface area contributed by atoms with Crippen LogP contribution < -0.4 is 4.74 Å². The van der Waals surface area contributed by atoms with E-state index >= 15 is 0 Å². The van der Waals surface area contributed by atoms with Crippen LogP contribution in [-0.4, -0.2) is 12.1 Å². The first-order valence-electron chi connectivity index (χ1n) is 4.45. The predicted octanol–water partition coefficient (Wildman–Crippen LogP) is 2.76. The van der Waals surface area contributed by atoms with Gasteiger partial charge in [-0.25, -0.2) is 0 Å². The largest absolute Gasteiger partial charge is 0.494 e. The van der Waals surface area contributed by atoms with Gasteiger partial charge in [-0.05, 0) is 11.6 Å². The first-order valence-corrected chi connectivity index (χ1v) is 4.45. The monoisotopic (exact) mass is 185 g/mol. The van der Waals surface area contributed by atoms with Crippen LogP contribution in [0.2, 0.25) is 0 Å². The minimum absolute atomic E-state index is 0.804. The zero-order valence-electron chi connectivity index (χ0n) is 7.97. The Morgan fingerprint density at radius 3 is 2.57 bits per heavy atom. The number of benzene rings is 1. The molecule has 0 unspecified atom stereocenters. The van der Waals surface area contributed by atoms with Crippen LogP contribution in [0.5, 0.6) is 5.75 Å². The van der Waals surface area contributed by atoms with Gasteiger partial charge in [0.15, 0.2) is 0 Å². The second kappa shape index (κ2) is 3.92. The van der Waals surface area contributed by atoms with Crippen LogP contribution in [0.25, 0.3) is 11.1 Å². The first-order chi connectivity index (χ1) is 6.92. The molecule has 2 heteroatoms. The van der Waals surface area contributed by atoms with E-state index in [1.165, 1.54) is 0 Å². The molecule has 0 fully saturated rings. The van der Waals surface area contributed by atoms with Gasteiger partial charge in [0, 0.05) is 11.8 Å².